The minimum Gasteiger partial charge on any atom is -0.251 e. The van der Waals surface area contributed by atoms with Crippen molar-refractivity contribution in [3.63, 3.8) is 0 Å². The van der Waals surface area contributed by atoms with Crippen molar-refractivity contribution in [2.24, 2.45) is 23.7 Å². The quantitative estimate of drug-likeness (QED) is 0.457. The lowest BCUT2D eigenvalue weighted by Crippen LogP contribution is -2.25. The minimum absolute atomic E-state index is 0.136. The number of aryl methyl sites for hydroxylation is 1. The molecule has 0 atom stereocenters. The second-order valence-corrected chi connectivity index (χ2v) is 8.83. The van der Waals surface area contributed by atoms with Gasteiger partial charge in [0, 0.05) is 0 Å². The zero-order valence-corrected chi connectivity index (χ0v) is 16.9. The van der Waals surface area contributed by atoms with E-state index in [1.54, 1.807) is 6.07 Å². The number of nitriles is 1. The van der Waals surface area contributed by atoms with Crippen LogP contribution in [0, 0.1) is 40.8 Å². The summed E-state index contributed by atoms with van der Waals surface area (Å²) < 4.78 is 25.9. The number of alkyl halides is 1. The van der Waals surface area contributed by atoms with Gasteiger partial charge in [0.05, 0.1) is 12.2 Å². The fourth-order valence-corrected chi connectivity index (χ4v) is 5.28. The van der Waals surface area contributed by atoms with Gasteiger partial charge < -0.3 is 0 Å². The molecule has 0 aliphatic heterocycles. The van der Waals surface area contributed by atoms with Crippen LogP contribution in [-0.2, 0) is 6.42 Å². The number of benzene rings is 1. The number of halogens is 2. The Labute approximate surface area is 168 Å². The van der Waals surface area contributed by atoms with Crippen LogP contribution in [0.3, 0.4) is 0 Å². The summed E-state index contributed by atoms with van der Waals surface area (Å²) in [5.41, 5.74) is 1.15. The predicted octanol–water partition coefficient (Wildman–Crippen LogP) is 7.16. The summed E-state index contributed by atoms with van der Waals surface area (Å²) >= 11 is 0. The van der Waals surface area contributed by atoms with Gasteiger partial charge in [0.1, 0.15) is 11.9 Å². The highest BCUT2D eigenvalue weighted by molar-refractivity contribution is 5.33. The molecular weight excluding hydrogens is 352 g/mol. The summed E-state index contributed by atoms with van der Waals surface area (Å²) in [6, 6.07) is 6.92. The third-order valence-electron chi connectivity index (χ3n) is 7.05. The average molecular weight is 386 g/mol. The van der Waals surface area contributed by atoms with Gasteiger partial charge in [-0.2, -0.15) is 5.26 Å². The molecule has 0 unspecified atom stereocenters. The largest absolute Gasteiger partial charge is 0.251 e. The maximum Gasteiger partial charge on any atom is 0.141 e. The molecule has 0 saturated heterocycles. The van der Waals surface area contributed by atoms with Crippen molar-refractivity contribution in [1.82, 2.24) is 0 Å². The van der Waals surface area contributed by atoms with Crippen LogP contribution in [0.25, 0.3) is 0 Å². The van der Waals surface area contributed by atoms with Gasteiger partial charge in [0.2, 0.25) is 0 Å². The molecule has 2 aliphatic carbocycles. The van der Waals surface area contributed by atoms with E-state index in [1.165, 1.54) is 57.4 Å². The second-order valence-electron chi connectivity index (χ2n) is 8.83. The molecule has 0 spiro atoms. The Kier molecular flexibility index (Phi) is 8.07. The van der Waals surface area contributed by atoms with Gasteiger partial charge in [-0.25, -0.2) is 4.39 Å². The first kappa shape index (κ1) is 21.0. The molecule has 3 rings (SSSR count). The first-order valence-electron chi connectivity index (χ1n) is 11.1. The average Bonchev–Trinajstić information content (AvgIpc) is 2.73. The summed E-state index contributed by atoms with van der Waals surface area (Å²) in [5, 5.41) is 8.83. The Hall–Kier alpha value is -1.69. The molecule has 28 heavy (non-hydrogen) atoms. The predicted molar refractivity (Wildman–Crippen MR) is 110 cm³/mol. The van der Waals surface area contributed by atoms with E-state index in [9.17, 15) is 8.78 Å². The van der Waals surface area contributed by atoms with Crippen molar-refractivity contribution in [1.29, 1.82) is 5.26 Å². The topological polar surface area (TPSA) is 23.8 Å². The number of hydrogen-bond donors (Lipinski definition) is 0. The number of hydrogen-bond acceptors (Lipinski definition) is 1. The van der Waals surface area contributed by atoms with Gasteiger partial charge in [-0.3, -0.25) is 4.39 Å². The van der Waals surface area contributed by atoms with Crippen molar-refractivity contribution in [3.05, 3.63) is 47.3 Å². The zero-order valence-electron chi connectivity index (χ0n) is 16.9. The van der Waals surface area contributed by atoms with E-state index in [0.29, 0.717) is 12.3 Å². The Morgan fingerprint density at radius 3 is 2.29 bits per heavy atom. The SMILES string of the molecule is N#Cc1ccc(CC[C@H]2CC[C@H]([C@H]3CC[C@H](C=CCCF)CC3)CC2)cc1F. The van der Waals surface area contributed by atoms with Crippen molar-refractivity contribution in [2.45, 2.75) is 70.6 Å². The van der Waals surface area contributed by atoms with Crippen molar-refractivity contribution < 1.29 is 8.78 Å². The fourth-order valence-electron chi connectivity index (χ4n) is 5.28. The molecule has 0 N–H and O–H groups in total. The first-order chi connectivity index (χ1) is 13.7. The lowest BCUT2D eigenvalue weighted by molar-refractivity contribution is 0.152. The molecule has 0 heterocycles. The molecule has 0 amide bonds. The molecule has 1 nitrogen and oxygen atoms in total. The molecule has 152 valence electrons. The molecule has 0 bridgehead atoms. The van der Waals surface area contributed by atoms with Crippen LogP contribution >= 0.6 is 0 Å². The molecule has 0 aromatic heterocycles. The number of rotatable bonds is 7. The summed E-state index contributed by atoms with van der Waals surface area (Å²) in [7, 11) is 0. The Morgan fingerprint density at radius 2 is 1.68 bits per heavy atom. The monoisotopic (exact) mass is 385 g/mol. The molecule has 2 fully saturated rings. The van der Waals surface area contributed by atoms with Crippen LogP contribution in [0.15, 0.2) is 30.4 Å². The molecule has 0 radical (unpaired) electrons. The molecule has 1 aromatic rings. The van der Waals surface area contributed by atoms with Gasteiger partial charge in [-0.05, 0) is 99.2 Å². The third-order valence-corrected chi connectivity index (χ3v) is 7.05. The van der Waals surface area contributed by atoms with Gasteiger partial charge >= 0.3 is 0 Å². The van der Waals surface area contributed by atoms with Crippen LogP contribution in [-0.4, -0.2) is 6.67 Å². The highest BCUT2D eigenvalue weighted by atomic mass is 19.1. The lowest BCUT2D eigenvalue weighted by atomic mass is 9.68. The highest BCUT2D eigenvalue weighted by Crippen LogP contribution is 2.42. The second kappa shape index (κ2) is 10.7. The molecule has 1 aromatic carbocycles. The summed E-state index contributed by atoms with van der Waals surface area (Å²) in [6.07, 6.45) is 17.4. The van der Waals surface area contributed by atoms with Gasteiger partial charge in [-0.15, -0.1) is 0 Å². The molecule has 2 aliphatic rings. The molecule has 3 heteroatoms. The van der Waals surface area contributed by atoms with Crippen LogP contribution in [0.1, 0.15) is 75.3 Å². The highest BCUT2D eigenvalue weighted by Gasteiger charge is 2.30. The fraction of sp³-hybridized carbons (Fsp3) is 0.640. The summed E-state index contributed by atoms with van der Waals surface area (Å²) in [4.78, 5) is 0. The summed E-state index contributed by atoms with van der Waals surface area (Å²) in [6.45, 7) is -0.241. The van der Waals surface area contributed by atoms with E-state index >= 15 is 0 Å². The zero-order chi connectivity index (χ0) is 19.8. The minimum atomic E-state index is -0.390. The van der Waals surface area contributed by atoms with E-state index in [1.807, 2.05) is 18.2 Å². The Morgan fingerprint density at radius 1 is 1.00 bits per heavy atom. The van der Waals surface area contributed by atoms with E-state index in [4.69, 9.17) is 5.26 Å². The van der Waals surface area contributed by atoms with Crippen LogP contribution < -0.4 is 0 Å². The molecular formula is C25H33F2N. The van der Waals surface area contributed by atoms with E-state index in [0.717, 1.165) is 36.2 Å². The lowest BCUT2D eigenvalue weighted by Gasteiger charge is -2.37. The van der Waals surface area contributed by atoms with Crippen LogP contribution in [0.4, 0.5) is 8.78 Å². The van der Waals surface area contributed by atoms with Crippen molar-refractivity contribution >= 4 is 0 Å². The van der Waals surface area contributed by atoms with E-state index < -0.39 is 0 Å². The third kappa shape index (κ3) is 5.90. The Balaban J connectivity index is 1.37. The first-order valence-corrected chi connectivity index (χ1v) is 11.1. The number of nitrogens with zero attached hydrogens (tertiary/aromatic N) is 1. The van der Waals surface area contributed by atoms with Gasteiger partial charge in [-0.1, -0.05) is 31.1 Å². The maximum absolute atomic E-state index is 13.7. The molecule has 2 saturated carbocycles. The standard InChI is InChI=1S/C25H33F2N/c26-16-2-1-3-19-6-11-22(12-7-19)23-13-8-20(9-14-23)4-5-21-10-15-24(18-28)25(27)17-21/h1,3,10,15,17,19-20,22-23H,2,4-9,11-14,16H2/t19-,20-,22-,23-. The number of allylic oxidation sites excluding steroid dienone is 2. The van der Waals surface area contributed by atoms with E-state index in [-0.39, 0.29) is 18.1 Å². The smallest absolute Gasteiger partial charge is 0.141 e. The van der Waals surface area contributed by atoms with Gasteiger partial charge in [0.15, 0.2) is 0 Å². The Bertz CT molecular complexity index is 674. The van der Waals surface area contributed by atoms with Crippen molar-refractivity contribution in [3.8, 4) is 6.07 Å². The normalized spacial score (nSPS) is 28.3. The van der Waals surface area contributed by atoms with Crippen molar-refractivity contribution in [2.75, 3.05) is 6.67 Å². The van der Waals surface area contributed by atoms with Crippen LogP contribution in [0.5, 0.6) is 0 Å². The van der Waals surface area contributed by atoms with Gasteiger partial charge in [0.25, 0.3) is 0 Å². The van der Waals surface area contributed by atoms with Crippen LogP contribution in [0.2, 0.25) is 0 Å². The summed E-state index contributed by atoms with van der Waals surface area (Å²) in [5.74, 6) is 2.82. The maximum atomic E-state index is 13.7. The van der Waals surface area contributed by atoms with E-state index in [2.05, 4.69) is 6.08 Å².